The van der Waals surface area contributed by atoms with E-state index in [4.69, 9.17) is 0 Å². The maximum atomic E-state index is 12.4. The topological polar surface area (TPSA) is 64.0 Å². The van der Waals surface area contributed by atoms with Crippen molar-refractivity contribution >= 4 is 29.1 Å². The summed E-state index contributed by atoms with van der Waals surface area (Å²) in [5.41, 5.74) is 1.31. The summed E-state index contributed by atoms with van der Waals surface area (Å²) in [5, 5.41) is 3.26. The average Bonchev–Trinajstić information content (AvgIpc) is 2.83. The first-order valence-electron chi connectivity index (χ1n) is 6.53. The molecule has 0 aliphatic carbocycles. The van der Waals surface area contributed by atoms with Crippen molar-refractivity contribution < 1.29 is 9.59 Å². The number of carbonyl (C=O) groups is 2. The molecule has 1 N–H and O–H groups in total. The smallest absolute Gasteiger partial charge is 0.221 e. The standard InChI is InChI=1S/C15H17N3O2S/c1-10(21-15-16-8-9-18(15)3)14(20)12-4-6-13(7-5-12)17-11(2)19/h4-10H,1-3H3,(H,17,19). The number of hydrogen-bond donors (Lipinski definition) is 1. The van der Waals surface area contributed by atoms with E-state index in [2.05, 4.69) is 10.3 Å². The van der Waals surface area contributed by atoms with Gasteiger partial charge in [0.15, 0.2) is 10.9 Å². The number of benzene rings is 1. The van der Waals surface area contributed by atoms with Crippen LogP contribution >= 0.6 is 11.8 Å². The number of rotatable bonds is 5. The first-order valence-corrected chi connectivity index (χ1v) is 7.41. The Hall–Kier alpha value is -2.08. The van der Waals surface area contributed by atoms with Gasteiger partial charge in [-0.2, -0.15) is 0 Å². The van der Waals surface area contributed by atoms with Crippen LogP contribution in [-0.2, 0) is 11.8 Å². The molecule has 0 fully saturated rings. The van der Waals surface area contributed by atoms with Crippen molar-refractivity contribution in [2.45, 2.75) is 24.3 Å². The van der Waals surface area contributed by atoms with Crippen molar-refractivity contribution in [2.75, 3.05) is 5.32 Å². The van der Waals surface area contributed by atoms with Crippen molar-refractivity contribution in [3.63, 3.8) is 0 Å². The highest BCUT2D eigenvalue weighted by Gasteiger charge is 2.18. The first-order chi connectivity index (χ1) is 9.97. The second kappa shape index (κ2) is 6.58. The second-order valence-electron chi connectivity index (χ2n) is 4.70. The summed E-state index contributed by atoms with van der Waals surface area (Å²) >= 11 is 1.43. The monoisotopic (exact) mass is 303 g/mol. The minimum atomic E-state index is -0.224. The molecule has 2 rings (SSSR count). The van der Waals surface area contributed by atoms with Gasteiger partial charge < -0.3 is 9.88 Å². The number of Topliss-reactive ketones (excluding diaryl/α,β-unsaturated/α-hetero) is 1. The fourth-order valence-electron chi connectivity index (χ4n) is 1.83. The second-order valence-corrected chi connectivity index (χ2v) is 6.01. The molecule has 5 nitrogen and oxygen atoms in total. The molecule has 110 valence electrons. The number of ketones is 1. The van der Waals surface area contributed by atoms with E-state index in [9.17, 15) is 9.59 Å². The van der Waals surface area contributed by atoms with Crippen LogP contribution in [0.5, 0.6) is 0 Å². The Labute approximate surface area is 127 Å². The lowest BCUT2D eigenvalue weighted by atomic mass is 10.1. The van der Waals surface area contributed by atoms with E-state index in [1.807, 2.05) is 24.7 Å². The molecule has 0 aliphatic rings. The number of hydrogen-bond acceptors (Lipinski definition) is 4. The number of anilines is 1. The summed E-state index contributed by atoms with van der Waals surface area (Å²) in [6.07, 6.45) is 3.56. The normalized spacial score (nSPS) is 12.0. The Bertz CT molecular complexity index is 649. The molecule has 0 radical (unpaired) electrons. The molecule has 0 bridgehead atoms. The summed E-state index contributed by atoms with van der Waals surface area (Å²) < 4.78 is 1.88. The van der Waals surface area contributed by atoms with E-state index in [1.54, 1.807) is 30.5 Å². The van der Waals surface area contributed by atoms with Gasteiger partial charge in [0, 0.05) is 37.6 Å². The number of thioether (sulfide) groups is 1. The van der Waals surface area contributed by atoms with Gasteiger partial charge in [0.05, 0.1) is 5.25 Å². The minimum absolute atomic E-state index is 0.0392. The zero-order chi connectivity index (χ0) is 15.4. The van der Waals surface area contributed by atoms with Crippen LogP contribution in [0.15, 0.2) is 41.8 Å². The molecule has 0 saturated heterocycles. The molecule has 0 aliphatic heterocycles. The Morgan fingerprint density at radius 1 is 1.29 bits per heavy atom. The highest BCUT2D eigenvalue weighted by atomic mass is 32.2. The minimum Gasteiger partial charge on any atom is -0.329 e. The van der Waals surface area contributed by atoms with Gasteiger partial charge in [-0.1, -0.05) is 11.8 Å². The van der Waals surface area contributed by atoms with Crippen LogP contribution in [0.4, 0.5) is 5.69 Å². The van der Waals surface area contributed by atoms with E-state index in [0.717, 1.165) is 5.16 Å². The summed E-state index contributed by atoms with van der Waals surface area (Å²) in [7, 11) is 1.90. The summed E-state index contributed by atoms with van der Waals surface area (Å²) in [4.78, 5) is 27.5. The lowest BCUT2D eigenvalue weighted by Crippen LogP contribution is -2.14. The van der Waals surface area contributed by atoms with Gasteiger partial charge in [-0.15, -0.1) is 0 Å². The highest BCUT2D eigenvalue weighted by Crippen LogP contribution is 2.24. The molecule has 1 aromatic heterocycles. The highest BCUT2D eigenvalue weighted by molar-refractivity contribution is 8.00. The number of aryl methyl sites for hydroxylation is 1. The number of nitrogens with zero attached hydrogens (tertiary/aromatic N) is 2. The zero-order valence-electron chi connectivity index (χ0n) is 12.2. The molecule has 21 heavy (non-hydrogen) atoms. The van der Waals surface area contributed by atoms with Crippen LogP contribution < -0.4 is 5.32 Å². The molecule has 1 atom stereocenters. The Morgan fingerprint density at radius 2 is 1.95 bits per heavy atom. The molecule has 1 heterocycles. The van der Waals surface area contributed by atoms with Crippen LogP contribution in [0.1, 0.15) is 24.2 Å². The third kappa shape index (κ3) is 3.95. The lowest BCUT2D eigenvalue weighted by Gasteiger charge is -2.10. The van der Waals surface area contributed by atoms with Crippen molar-refractivity contribution in [3.8, 4) is 0 Å². The van der Waals surface area contributed by atoms with Crippen LogP contribution in [0.2, 0.25) is 0 Å². The third-order valence-corrected chi connectivity index (χ3v) is 4.09. The number of nitrogens with one attached hydrogen (secondary N) is 1. The van der Waals surface area contributed by atoms with Gasteiger partial charge >= 0.3 is 0 Å². The first kappa shape index (κ1) is 15.3. The van der Waals surface area contributed by atoms with E-state index < -0.39 is 0 Å². The lowest BCUT2D eigenvalue weighted by molar-refractivity contribution is -0.114. The molecule has 1 amide bonds. The van der Waals surface area contributed by atoms with E-state index in [1.165, 1.54) is 18.7 Å². The fraction of sp³-hybridized carbons (Fsp3) is 0.267. The fourth-order valence-corrected chi connectivity index (χ4v) is 2.74. The molecule has 6 heteroatoms. The van der Waals surface area contributed by atoms with Crippen molar-refractivity contribution in [2.24, 2.45) is 7.05 Å². The van der Waals surface area contributed by atoms with Gasteiger partial charge in [0.25, 0.3) is 0 Å². The van der Waals surface area contributed by atoms with Crippen LogP contribution in [-0.4, -0.2) is 26.5 Å². The summed E-state index contributed by atoms with van der Waals surface area (Å²) in [6.45, 7) is 3.31. The van der Waals surface area contributed by atoms with Gasteiger partial charge in [-0.3, -0.25) is 9.59 Å². The van der Waals surface area contributed by atoms with Gasteiger partial charge in [0.1, 0.15) is 0 Å². The maximum Gasteiger partial charge on any atom is 0.221 e. The molecule has 1 unspecified atom stereocenters. The summed E-state index contributed by atoms with van der Waals surface area (Å²) in [5.74, 6) is -0.0924. The Balaban J connectivity index is 2.05. The number of aromatic nitrogens is 2. The number of amides is 1. The Kier molecular flexibility index (Phi) is 4.80. The van der Waals surface area contributed by atoms with E-state index in [-0.39, 0.29) is 16.9 Å². The van der Waals surface area contributed by atoms with Crippen LogP contribution in [0.3, 0.4) is 0 Å². The maximum absolute atomic E-state index is 12.4. The average molecular weight is 303 g/mol. The third-order valence-electron chi connectivity index (χ3n) is 2.92. The van der Waals surface area contributed by atoms with Gasteiger partial charge in [-0.05, 0) is 31.2 Å². The van der Waals surface area contributed by atoms with Crippen LogP contribution in [0.25, 0.3) is 0 Å². The molecule has 1 aromatic carbocycles. The molecular formula is C15H17N3O2S. The van der Waals surface area contributed by atoms with Gasteiger partial charge in [0.2, 0.25) is 5.91 Å². The molecule has 0 saturated carbocycles. The van der Waals surface area contributed by atoms with Crippen LogP contribution in [0, 0.1) is 0 Å². The van der Waals surface area contributed by atoms with Crippen molar-refractivity contribution in [3.05, 3.63) is 42.2 Å². The van der Waals surface area contributed by atoms with Crippen molar-refractivity contribution in [1.29, 1.82) is 0 Å². The van der Waals surface area contributed by atoms with E-state index in [0.29, 0.717) is 11.3 Å². The van der Waals surface area contributed by atoms with Crippen molar-refractivity contribution in [1.82, 2.24) is 9.55 Å². The number of imidazole rings is 1. The number of carbonyl (C=O) groups excluding carboxylic acids is 2. The molecule has 0 spiro atoms. The predicted molar refractivity (Wildman–Crippen MR) is 83.6 cm³/mol. The largest absolute Gasteiger partial charge is 0.329 e. The van der Waals surface area contributed by atoms with E-state index >= 15 is 0 Å². The van der Waals surface area contributed by atoms with Gasteiger partial charge in [-0.25, -0.2) is 4.98 Å². The Morgan fingerprint density at radius 3 is 2.48 bits per heavy atom. The summed E-state index contributed by atoms with van der Waals surface area (Å²) in [6, 6.07) is 6.91. The molecule has 2 aromatic rings. The molecular weight excluding hydrogens is 286 g/mol. The quantitative estimate of drug-likeness (QED) is 0.681. The SMILES string of the molecule is CC(=O)Nc1ccc(C(=O)C(C)Sc2nccn2C)cc1. The zero-order valence-corrected chi connectivity index (χ0v) is 13.0. The predicted octanol–water partition coefficient (Wildman–Crippen LogP) is 2.74.